The number of hydrogen-bond donors (Lipinski definition) is 2. The van der Waals surface area contributed by atoms with Crippen LogP contribution in [0.25, 0.3) is 0 Å². The Bertz CT molecular complexity index is 897. The number of nitrogens with zero attached hydrogens (tertiary/aromatic N) is 1. The topological polar surface area (TPSA) is 79.8 Å². The van der Waals surface area contributed by atoms with Crippen molar-refractivity contribution < 1.29 is 13.2 Å². The quantitative estimate of drug-likeness (QED) is 0.353. The highest BCUT2D eigenvalue weighted by atomic mass is 32.2. The van der Waals surface area contributed by atoms with Gasteiger partial charge in [0.05, 0.1) is 18.1 Å². The average molecular weight is 418 g/mol. The molecule has 0 atom stereocenters. The number of aliphatic imine (C=N–C) groups is 1. The van der Waals surface area contributed by atoms with Crippen molar-refractivity contribution in [2.45, 2.75) is 32.6 Å². The molecule has 0 aromatic heterocycles. The van der Waals surface area contributed by atoms with Crippen LogP contribution in [-0.4, -0.2) is 40.3 Å². The first-order valence-electron chi connectivity index (χ1n) is 9.84. The van der Waals surface area contributed by atoms with Crippen LogP contribution in [0.2, 0.25) is 0 Å². The Hall–Kier alpha value is -2.54. The lowest BCUT2D eigenvalue weighted by molar-refractivity contribution is 0.336. The van der Waals surface area contributed by atoms with Gasteiger partial charge in [0.1, 0.15) is 5.75 Å². The van der Waals surface area contributed by atoms with Gasteiger partial charge < -0.3 is 15.4 Å². The molecule has 0 amide bonds. The largest absolute Gasteiger partial charge is 0.494 e. The lowest BCUT2D eigenvalue weighted by atomic mass is 10.1. The fourth-order valence-electron chi connectivity index (χ4n) is 2.90. The van der Waals surface area contributed by atoms with Gasteiger partial charge in [-0.3, -0.25) is 4.99 Å². The zero-order valence-electron chi connectivity index (χ0n) is 17.4. The van der Waals surface area contributed by atoms with Crippen molar-refractivity contribution in [2.24, 2.45) is 4.99 Å². The second-order valence-corrected chi connectivity index (χ2v) is 9.01. The van der Waals surface area contributed by atoms with E-state index in [1.165, 1.54) is 0 Å². The minimum atomic E-state index is -3.13. The molecule has 2 rings (SSSR count). The predicted octanol–water partition coefficient (Wildman–Crippen LogP) is 3.06. The Kier molecular flexibility index (Phi) is 8.99. The van der Waals surface area contributed by atoms with Crippen molar-refractivity contribution in [1.29, 1.82) is 0 Å². The molecule has 0 fully saturated rings. The van der Waals surface area contributed by atoms with Crippen LogP contribution in [0.3, 0.4) is 0 Å². The molecular formula is C22H31N3O3S. The third-order valence-electron chi connectivity index (χ3n) is 4.35. The molecule has 0 saturated heterocycles. The predicted molar refractivity (Wildman–Crippen MR) is 119 cm³/mol. The van der Waals surface area contributed by atoms with Gasteiger partial charge in [0, 0.05) is 25.7 Å². The molecule has 158 valence electrons. The molecular weight excluding hydrogens is 386 g/mol. The monoisotopic (exact) mass is 417 g/mol. The van der Waals surface area contributed by atoms with E-state index in [1.54, 1.807) is 7.05 Å². The summed E-state index contributed by atoms with van der Waals surface area (Å²) >= 11 is 0. The van der Waals surface area contributed by atoms with Gasteiger partial charge in [-0.05, 0) is 37.5 Å². The molecule has 2 N–H and O–H groups in total. The van der Waals surface area contributed by atoms with Gasteiger partial charge in [-0.1, -0.05) is 42.5 Å². The van der Waals surface area contributed by atoms with Crippen molar-refractivity contribution >= 4 is 15.8 Å². The van der Waals surface area contributed by atoms with Gasteiger partial charge in [0.25, 0.3) is 0 Å². The van der Waals surface area contributed by atoms with Gasteiger partial charge in [0.15, 0.2) is 15.8 Å². The Labute approximate surface area is 174 Å². The number of aryl methyl sites for hydroxylation is 1. The van der Waals surface area contributed by atoms with Crippen LogP contribution < -0.4 is 15.4 Å². The van der Waals surface area contributed by atoms with E-state index in [-0.39, 0.29) is 11.5 Å². The fourth-order valence-corrected chi connectivity index (χ4v) is 4.33. The Balaban J connectivity index is 1.78. The van der Waals surface area contributed by atoms with E-state index in [9.17, 15) is 8.42 Å². The molecule has 0 heterocycles. The van der Waals surface area contributed by atoms with Crippen LogP contribution in [-0.2, 0) is 22.1 Å². The van der Waals surface area contributed by atoms with Crippen molar-refractivity contribution in [2.75, 3.05) is 26.0 Å². The maximum Gasteiger partial charge on any atom is 0.191 e. The number of guanidine groups is 1. The minimum absolute atomic E-state index is 0.0778. The van der Waals surface area contributed by atoms with E-state index < -0.39 is 9.84 Å². The highest BCUT2D eigenvalue weighted by molar-refractivity contribution is 7.90. The maximum absolute atomic E-state index is 12.3. The summed E-state index contributed by atoms with van der Waals surface area (Å²) in [6.07, 6.45) is 0.518. The normalized spacial score (nSPS) is 11.9. The lowest BCUT2D eigenvalue weighted by Gasteiger charge is -2.15. The van der Waals surface area contributed by atoms with Crippen LogP contribution in [0.4, 0.5) is 0 Å². The molecule has 7 heteroatoms. The molecule has 2 aromatic carbocycles. The Morgan fingerprint density at radius 1 is 1.10 bits per heavy atom. The Morgan fingerprint density at radius 3 is 2.55 bits per heavy atom. The molecule has 0 spiro atoms. The molecule has 0 aliphatic carbocycles. The first kappa shape index (κ1) is 22.7. The fraction of sp³-hybridized carbons (Fsp3) is 0.409. The lowest BCUT2D eigenvalue weighted by Crippen LogP contribution is -2.37. The summed E-state index contributed by atoms with van der Waals surface area (Å²) in [6, 6.07) is 15.4. The van der Waals surface area contributed by atoms with Crippen LogP contribution in [0.5, 0.6) is 5.75 Å². The van der Waals surface area contributed by atoms with Crippen LogP contribution in [0, 0.1) is 6.92 Å². The molecule has 0 aliphatic rings. The minimum Gasteiger partial charge on any atom is -0.494 e. The summed E-state index contributed by atoms with van der Waals surface area (Å²) in [4.78, 5) is 4.20. The SMILES string of the molecule is CCOc1cc(C)ccc1CNC(=NC)NCCCS(=O)(=O)Cc1ccccc1. The summed E-state index contributed by atoms with van der Waals surface area (Å²) in [7, 11) is -1.43. The molecule has 6 nitrogen and oxygen atoms in total. The highest BCUT2D eigenvalue weighted by Gasteiger charge is 2.12. The van der Waals surface area contributed by atoms with E-state index in [2.05, 4.69) is 15.6 Å². The standard InChI is InChI=1S/C22H31N3O3S/c1-4-28-21-15-18(2)11-12-20(21)16-25-22(23-3)24-13-8-14-29(26,27)17-19-9-6-5-7-10-19/h5-7,9-12,15H,4,8,13-14,16-17H2,1-3H3,(H2,23,24,25). The number of sulfone groups is 1. The molecule has 0 saturated carbocycles. The third kappa shape index (κ3) is 8.15. The van der Waals surface area contributed by atoms with Crippen molar-refractivity contribution in [3.8, 4) is 5.75 Å². The summed E-state index contributed by atoms with van der Waals surface area (Å²) in [5.74, 6) is 1.71. The number of ether oxygens (including phenoxy) is 1. The highest BCUT2D eigenvalue weighted by Crippen LogP contribution is 2.20. The number of hydrogen-bond acceptors (Lipinski definition) is 4. The van der Waals surface area contributed by atoms with Gasteiger partial charge in [-0.25, -0.2) is 8.42 Å². The number of benzene rings is 2. The second-order valence-electron chi connectivity index (χ2n) is 6.83. The number of rotatable bonds is 10. The summed E-state index contributed by atoms with van der Waals surface area (Å²) in [5.41, 5.74) is 3.02. The van der Waals surface area contributed by atoms with Gasteiger partial charge in [-0.15, -0.1) is 0 Å². The van der Waals surface area contributed by atoms with Crippen molar-refractivity contribution in [3.63, 3.8) is 0 Å². The molecule has 29 heavy (non-hydrogen) atoms. The summed E-state index contributed by atoms with van der Waals surface area (Å²) in [5, 5.41) is 6.42. The van der Waals surface area contributed by atoms with E-state index in [0.29, 0.717) is 32.1 Å². The van der Waals surface area contributed by atoms with Gasteiger partial charge in [-0.2, -0.15) is 0 Å². The maximum atomic E-state index is 12.3. The molecule has 0 aliphatic heterocycles. The molecule has 0 unspecified atom stereocenters. The summed E-state index contributed by atoms with van der Waals surface area (Å²) in [6.45, 7) is 5.71. The van der Waals surface area contributed by atoms with E-state index in [0.717, 1.165) is 22.4 Å². The van der Waals surface area contributed by atoms with Gasteiger partial charge >= 0.3 is 0 Å². The van der Waals surface area contributed by atoms with Crippen molar-refractivity contribution in [3.05, 3.63) is 65.2 Å². The first-order chi connectivity index (χ1) is 13.9. The number of nitrogens with one attached hydrogen (secondary N) is 2. The summed E-state index contributed by atoms with van der Waals surface area (Å²) < 4.78 is 30.2. The molecule has 0 bridgehead atoms. The van der Waals surface area contributed by atoms with Crippen molar-refractivity contribution in [1.82, 2.24) is 10.6 Å². The first-order valence-corrected chi connectivity index (χ1v) is 11.7. The van der Waals surface area contributed by atoms with E-state index in [4.69, 9.17) is 4.74 Å². The zero-order valence-corrected chi connectivity index (χ0v) is 18.3. The van der Waals surface area contributed by atoms with E-state index in [1.807, 2.05) is 62.4 Å². The van der Waals surface area contributed by atoms with Crippen LogP contribution in [0.15, 0.2) is 53.5 Å². The molecule has 2 aromatic rings. The smallest absolute Gasteiger partial charge is 0.191 e. The van der Waals surface area contributed by atoms with Gasteiger partial charge in [0.2, 0.25) is 0 Å². The Morgan fingerprint density at radius 2 is 1.86 bits per heavy atom. The van der Waals surface area contributed by atoms with Crippen LogP contribution >= 0.6 is 0 Å². The van der Waals surface area contributed by atoms with E-state index >= 15 is 0 Å². The average Bonchev–Trinajstić information content (AvgIpc) is 2.69. The van der Waals surface area contributed by atoms with Crippen LogP contribution in [0.1, 0.15) is 30.0 Å². The zero-order chi connectivity index (χ0) is 21.1. The molecule has 0 radical (unpaired) electrons. The third-order valence-corrected chi connectivity index (χ3v) is 6.03. The second kappa shape index (κ2) is 11.5.